The first-order chi connectivity index (χ1) is 13.2. The molecule has 1 N–H and O–H groups in total. The molecule has 1 heterocycles. The van der Waals surface area contributed by atoms with Gasteiger partial charge in [-0.3, -0.25) is 15.2 Å². The predicted molar refractivity (Wildman–Crippen MR) is 116 cm³/mol. The molecule has 28 heavy (non-hydrogen) atoms. The summed E-state index contributed by atoms with van der Waals surface area (Å²) in [7, 11) is 0. The zero-order valence-corrected chi connectivity index (χ0v) is 17.3. The minimum atomic E-state index is -0.206. The molecule has 0 fully saturated rings. The highest BCUT2D eigenvalue weighted by atomic mass is 16.5. The van der Waals surface area contributed by atoms with Gasteiger partial charge in [-0.25, -0.2) is 0 Å². The summed E-state index contributed by atoms with van der Waals surface area (Å²) in [6.45, 7) is 15.8. The average Bonchev–Trinajstić information content (AvgIpc) is 2.89. The lowest BCUT2D eigenvalue weighted by Crippen LogP contribution is -2.30. The standard InChI is InChI=1S/C24H30N2O2/c1-7-24(6)14-17(5)21(19(27)15-24)22(18-10-9-12-26-13-11-18)20(16(3)4)23(25)28-8-2/h8-13,18,25H,2-3,7,14-15H2,1,4-6H3/b22-20+,25-23?. The van der Waals surface area contributed by atoms with E-state index in [1.165, 1.54) is 6.26 Å². The quantitative estimate of drug-likeness (QED) is 0.272. The molecule has 148 valence electrons. The van der Waals surface area contributed by atoms with Crippen LogP contribution < -0.4 is 0 Å². The van der Waals surface area contributed by atoms with Crippen LogP contribution in [0.4, 0.5) is 0 Å². The monoisotopic (exact) mass is 378 g/mol. The van der Waals surface area contributed by atoms with Gasteiger partial charge < -0.3 is 4.74 Å². The van der Waals surface area contributed by atoms with Gasteiger partial charge in [-0.2, -0.15) is 0 Å². The van der Waals surface area contributed by atoms with Crippen molar-refractivity contribution in [2.75, 3.05) is 0 Å². The second-order valence-electron chi connectivity index (χ2n) is 7.83. The fourth-order valence-corrected chi connectivity index (χ4v) is 3.95. The normalized spacial score (nSPS) is 25.3. The van der Waals surface area contributed by atoms with Crippen LogP contribution >= 0.6 is 0 Å². The Morgan fingerprint density at radius 3 is 2.71 bits per heavy atom. The number of hydrogen-bond donors (Lipinski definition) is 1. The van der Waals surface area contributed by atoms with Gasteiger partial charge >= 0.3 is 0 Å². The number of hydrogen-bond acceptors (Lipinski definition) is 4. The summed E-state index contributed by atoms with van der Waals surface area (Å²) < 4.78 is 5.31. The van der Waals surface area contributed by atoms with E-state index in [-0.39, 0.29) is 23.0 Å². The van der Waals surface area contributed by atoms with Crippen LogP contribution in [-0.4, -0.2) is 17.9 Å². The van der Waals surface area contributed by atoms with E-state index in [9.17, 15) is 4.79 Å². The van der Waals surface area contributed by atoms with E-state index >= 15 is 0 Å². The van der Waals surface area contributed by atoms with Crippen LogP contribution in [-0.2, 0) is 9.53 Å². The minimum absolute atomic E-state index is 0.0253. The summed E-state index contributed by atoms with van der Waals surface area (Å²) in [6, 6.07) is 0. The number of nitrogens with zero attached hydrogens (tertiary/aromatic N) is 1. The van der Waals surface area contributed by atoms with Crippen molar-refractivity contribution in [2.45, 2.75) is 47.0 Å². The van der Waals surface area contributed by atoms with Crippen molar-refractivity contribution in [1.82, 2.24) is 0 Å². The molecule has 0 aromatic carbocycles. The fourth-order valence-electron chi connectivity index (χ4n) is 3.95. The molecule has 0 saturated carbocycles. The molecular formula is C24H30N2O2. The van der Waals surface area contributed by atoms with Crippen LogP contribution in [0.15, 0.2) is 76.7 Å². The molecule has 0 aromatic rings. The third kappa shape index (κ3) is 4.56. The third-order valence-corrected chi connectivity index (χ3v) is 5.44. The number of nitrogens with one attached hydrogen (secondary N) is 1. The molecule has 2 rings (SSSR count). The van der Waals surface area contributed by atoms with E-state index < -0.39 is 0 Å². The van der Waals surface area contributed by atoms with E-state index in [2.05, 4.69) is 32.0 Å². The summed E-state index contributed by atoms with van der Waals surface area (Å²) in [5.41, 5.74) is 3.70. The van der Waals surface area contributed by atoms with E-state index in [1.807, 2.05) is 32.1 Å². The van der Waals surface area contributed by atoms with Crippen molar-refractivity contribution in [3.63, 3.8) is 0 Å². The van der Waals surface area contributed by atoms with Gasteiger partial charge in [0.05, 0.1) is 6.26 Å². The number of carbonyl (C=O) groups is 1. The van der Waals surface area contributed by atoms with Crippen molar-refractivity contribution in [3.8, 4) is 0 Å². The van der Waals surface area contributed by atoms with E-state index in [1.54, 1.807) is 12.4 Å². The van der Waals surface area contributed by atoms with E-state index in [4.69, 9.17) is 10.1 Å². The van der Waals surface area contributed by atoms with Gasteiger partial charge in [-0.15, -0.1) is 0 Å². The van der Waals surface area contributed by atoms with Crippen LogP contribution in [0, 0.1) is 16.7 Å². The molecule has 2 atom stereocenters. The van der Waals surface area contributed by atoms with Gasteiger partial charge in [0, 0.05) is 35.9 Å². The first kappa shape index (κ1) is 21.5. The Morgan fingerprint density at radius 1 is 1.43 bits per heavy atom. The maximum atomic E-state index is 13.3. The Bertz CT molecular complexity index is 836. The van der Waals surface area contributed by atoms with Crippen molar-refractivity contribution < 1.29 is 9.53 Å². The highest BCUT2D eigenvalue weighted by Crippen LogP contribution is 2.44. The first-order valence-corrected chi connectivity index (χ1v) is 9.60. The summed E-state index contributed by atoms with van der Waals surface area (Å²) in [6.07, 6.45) is 12.7. The molecule has 4 nitrogen and oxygen atoms in total. The van der Waals surface area contributed by atoms with Gasteiger partial charge in [0.1, 0.15) is 0 Å². The smallest absolute Gasteiger partial charge is 0.218 e. The second-order valence-corrected chi connectivity index (χ2v) is 7.83. The zero-order valence-electron chi connectivity index (χ0n) is 17.3. The summed E-state index contributed by atoms with van der Waals surface area (Å²) >= 11 is 0. The Labute approximate surface area is 168 Å². The lowest BCUT2D eigenvalue weighted by atomic mass is 9.68. The lowest BCUT2D eigenvalue weighted by Gasteiger charge is -2.35. The number of ether oxygens (including phenoxy) is 1. The lowest BCUT2D eigenvalue weighted by molar-refractivity contribution is -0.118. The topological polar surface area (TPSA) is 62.5 Å². The first-order valence-electron chi connectivity index (χ1n) is 9.60. The molecule has 0 amide bonds. The fraction of sp³-hybridized carbons (Fsp3) is 0.375. The third-order valence-electron chi connectivity index (χ3n) is 5.44. The molecule has 0 bridgehead atoms. The summed E-state index contributed by atoms with van der Waals surface area (Å²) in [5.74, 6) is -0.149. The van der Waals surface area contributed by atoms with Gasteiger partial charge in [-0.1, -0.05) is 44.7 Å². The number of rotatable bonds is 6. The average molecular weight is 379 g/mol. The molecule has 0 saturated heterocycles. The number of carbonyl (C=O) groups excluding carboxylic acids is 1. The number of ketones is 1. The van der Waals surface area contributed by atoms with Crippen LogP contribution in [0.5, 0.6) is 0 Å². The van der Waals surface area contributed by atoms with Crippen molar-refractivity contribution >= 4 is 17.9 Å². The van der Waals surface area contributed by atoms with Crippen LogP contribution in [0.1, 0.15) is 47.0 Å². The van der Waals surface area contributed by atoms with E-state index in [0.717, 1.165) is 24.0 Å². The highest BCUT2D eigenvalue weighted by molar-refractivity contribution is 6.06. The number of aliphatic imine (C=N–C) groups is 1. The van der Waals surface area contributed by atoms with Crippen molar-refractivity contribution in [3.05, 3.63) is 71.7 Å². The maximum Gasteiger partial charge on any atom is 0.218 e. The molecule has 0 radical (unpaired) electrons. The van der Waals surface area contributed by atoms with Crippen molar-refractivity contribution in [2.24, 2.45) is 16.3 Å². The SMILES string of the molecule is C=COC(=N)/C(C(=C)C)=C(/C1=C(C)CC(C)(CC)CC1=O)C1C=CC=NC=C1. The van der Waals surface area contributed by atoms with Gasteiger partial charge in [-0.05, 0) is 49.3 Å². The Balaban J connectivity index is 2.78. The molecule has 0 aromatic heterocycles. The Morgan fingerprint density at radius 2 is 2.14 bits per heavy atom. The number of Topliss-reactive ketones (excluding diaryl/α,β-unsaturated/α-hetero) is 1. The van der Waals surface area contributed by atoms with Gasteiger partial charge in [0.15, 0.2) is 5.78 Å². The number of allylic oxidation sites excluding steroid dienone is 6. The van der Waals surface area contributed by atoms with E-state index in [0.29, 0.717) is 23.1 Å². The summed E-state index contributed by atoms with van der Waals surface area (Å²) in [4.78, 5) is 17.5. The minimum Gasteiger partial charge on any atom is -0.447 e. The highest BCUT2D eigenvalue weighted by Gasteiger charge is 2.37. The van der Waals surface area contributed by atoms with Crippen LogP contribution in [0.25, 0.3) is 0 Å². The zero-order chi connectivity index (χ0) is 20.9. The molecular weight excluding hydrogens is 348 g/mol. The predicted octanol–water partition coefficient (Wildman–Crippen LogP) is 5.86. The molecule has 1 aliphatic carbocycles. The van der Waals surface area contributed by atoms with Crippen LogP contribution in [0.3, 0.4) is 0 Å². The van der Waals surface area contributed by atoms with Crippen LogP contribution in [0.2, 0.25) is 0 Å². The molecule has 1 aliphatic heterocycles. The summed E-state index contributed by atoms with van der Waals surface area (Å²) in [5, 5.41) is 8.42. The molecule has 0 spiro atoms. The molecule has 2 unspecified atom stereocenters. The largest absolute Gasteiger partial charge is 0.447 e. The molecule has 2 aliphatic rings. The Kier molecular flexibility index (Phi) is 6.90. The Hall–Kier alpha value is -2.75. The van der Waals surface area contributed by atoms with Crippen molar-refractivity contribution in [1.29, 1.82) is 5.41 Å². The van der Waals surface area contributed by atoms with Gasteiger partial charge in [0.2, 0.25) is 5.90 Å². The maximum absolute atomic E-state index is 13.3. The van der Waals surface area contributed by atoms with Gasteiger partial charge in [0.25, 0.3) is 0 Å². The second kappa shape index (κ2) is 8.96. The molecule has 4 heteroatoms.